The average Bonchev–Trinajstić information content (AvgIpc) is 2.57. The lowest BCUT2D eigenvalue weighted by Gasteiger charge is -2.28. The van der Waals surface area contributed by atoms with Gasteiger partial charge in [0.15, 0.2) is 0 Å². The van der Waals surface area contributed by atoms with E-state index in [0.29, 0.717) is 11.9 Å². The molecular weight excluding hydrogens is 278 g/mol. The van der Waals surface area contributed by atoms with Crippen LogP contribution in [-0.4, -0.2) is 48.5 Å². The quantitative estimate of drug-likeness (QED) is 0.733. The van der Waals surface area contributed by atoms with Gasteiger partial charge in [0.25, 0.3) is 6.35 Å². The first kappa shape index (κ1) is 14.7. The van der Waals surface area contributed by atoms with Crippen LogP contribution in [-0.2, 0) is 4.74 Å². The number of ether oxygens (including phenoxy) is 1. The van der Waals surface area contributed by atoms with Crippen LogP contribution in [0.5, 0.6) is 0 Å². The molecule has 0 N–H and O–H groups in total. The Morgan fingerprint density at radius 3 is 2.50 bits per heavy atom. The molecule has 0 aromatic carbocycles. The van der Waals surface area contributed by atoms with E-state index in [1.807, 2.05) is 0 Å². The van der Waals surface area contributed by atoms with Gasteiger partial charge in [0, 0.05) is 20.5 Å². The number of hydrogen-bond acceptors (Lipinski definition) is 4. The first-order valence-corrected chi connectivity index (χ1v) is 6.00. The maximum Gasteiger partial charge on any atom is 0.415 e. The summed E-state index contributed by atoms with van der Waals surface area (Å²) in [7, 11) is 3.36. The molecule has 0 saturated carbocycles. The molecule has 2 unspecified atom stereocenters. The number of amidine groups is 1. The highest BCUT2D eigenvalue weighted by Gasteiger charge is 2.41. The van der Waals surface area contributed by atoms with Gasteiger partial charge in [-0.1, -0.05) is 0 Å². The first-order valence-electron chi connectivity index (χ1n) is 6.00. The molecule has 1 aliphatic heterocycles. The van der Waals surface area contributed by atoms with Crippen LogP contribution in [0.2, 0.25) is 0 Å². The van der Waals surface area contributed by atoms with E-state index in [0.717, 1.165) is 0 Å². The van der Waals surface area contributed by atoms with E-state index in [9.17, 15) is 17.6 Å². The minimum absolute atomic E-state index is 0.000162. The molecule has 2 aliphatic rings. The Bertz CT molecular complexity index is 484. The highest BCUT2D eigenvalue weighted by molar-refractivity contribution is 5.80. The lowest BCUT2D eigenvalue weighted by atomic mass is 10.0. The van der Waals surface area contributed by atoms with Crippen LogP contribution in [0.3, 0.4) is 0 Å². The fourth-order valence-corrected chi connectivity index (χ4v) is 2.03. The zero-order valence-corrected chi connectivity index (χ0v) is 11.3. The minimum atomic E-state index is -4.69. The molecule has 0 aromatic rings. The molecule has 2 rings (SSSR count). The standard InChI is InChI=1S/C12H15F4N3O/c1-7-17-19(3)11(18(7)2)20-8-4-5-10(13)9(6-8)12(14,15)16/h4,6,10-11H,5H2,1-3H3. The summed E-state index contributed by atoms with van der Waals surface area (Å²) in [5.41, 5.74) is -1.21. The maximum absolute atomic E-state index is 13.3. The van der Waals surface area contributed by atoms with E-state index < -0.39 is 24.3 Å². The number of hydrogen-bond donors (Lipinski definition) is 0. The molecule has 8 heteroatoms. The smallest absolute Gasteiger partial charge is 0.415 e. The fraction of sp³-hybridized carbons (Fsp3) is 0.583. The Morgan fingerprint density at radius 2 is 2.00 bits per heavy atom. The molecule has 0 saturated heterocycles. The van der Waals surface area contributed by atoms with Crippen LogP contribution >= 0.6 is 0 Å². The van der Waals surface area contributed by atoms with Gasteiger partial charge in [-0.25, -0.2) is 9.40 Å². The largest absolute Gasteiger partial charge is 0.451 e. The van der Waals surface area contributed by atoms with E-state index >= 15 is 0 Å². The van der Waals surface area contributed by atoms with E-state index in [2.05, 4.69) is 5.10 Å². The van der Waals surface area contributed by atoms with E-state index in [1.54, 1.807) is 25.9 Å². The number of nitrogens with zero attached hydrogens (tertiary/aromatic N) is 3. The number of hydrazone groups is 1. The van der Waals surface area contributed by atoms with Crippen molar-refractivity contribution in [2.75, 3.05) is 14.1 Å². The van der Waals surface area contributed by atoms with Crippen molar-refractivity contribution < 1.29 is 22.3 Å². The lowest BCUT2D eigenvalue weighted by molar-refractivity contribution is -0.102. The third-order valence-electron chi connectivity index (χ3n) is 3.19. The van der Waals surface area contributed by atoms with Crippen molar-refractivity contribution in [3.8, 4) is 0 Å². The average molecular weight is 293 g/mol. The Hall–Kier alpha value is -1.73. The van der Waals surface area contributed by atoms with Gasteiger partial charge in [-0.05, 0) is 19.1 Å². The summed E-state index contributed by atoms with van der Waals surface area (Å²) in [6, 6.07) is 0. The predicted octanol–water partition coefficient (Wildman–Crippen LogP) is 2.61. The van der Waals surface area contributed by atoms with Crippen molar-refractivity contribution in [1.82, 2.24) is 9.91 Å². The molecule has 0 aromatic heterocycles. The van der Waals surface area contributed by atoms with Gasteiger partial charge in [0.05, 0.1) is 5.57 Å². The maximum atomic E-state index is 13.3. The summed E-state index contributed by atoms with van der Waals surface area (Å²) in [6.45, 7) is 1.75. The highest BCUT2D eigenvalue weighted by Crippen LogP contribution is 2.35. The van der Waals surface area contributed by atoms with Gasteiger partial charge in [-0.15, -0.1) is 0 Å². The number of halogens is 4. The molecule has 0 bridgehead atoms. The summed E-state index contributed by atoms with van der Waals surface area (Å²) in [5.74, 6) is 0.678. The van der Waals surface area contributed by atoms with Gasteiger partial charge >= 0.3 is 6.18 Å². The van der Waals surface area contributed by atoms with Crippen LogP contribution < -0.4 is 0 Å². The van der Waals surface area contributed by atoms with Crippen molar-refractivity contribution >= 4 is 5.84 Å². The molecule has 0 spiro atoms. The van der Waals surface area contributed by atoms with Gasteiger partial charge in [-0.3, -0.25) is 0 Å². The van der Waals surface area contributed by atoms with Crippen LogP contribution in [0.1, 0.15) is 13.3 Å². The second-order valence-corrected chi connectivity index (χ2v) is 4.68. The number of rotatable bonds is 2. The monoisotopic (exact) mass is 293 g/mol. The molecule has 0 amide bonds. The van der Waals surface area contributed by atoms with E-state index in [4.69, 9.17) is 4.74 Å². The Kier molecular flexibility index (Phi) is 3.66. The van der Waals surface area contributed by atoms with Crippen LogP contribution in [0.4, 0.5) is 17.6 Å². The van der Waals surface area contributed by atoms with Gasteiger partial charge in [0.1, 0.15) is 17.8 Å². The normalized spacial score (nSPS) is 27.2. The molecular formula is C12H15F4N3O. The van der Waals surface area contributed by atoms with Gasteiger partial charge in [-0.2, -0.15) is 18.3 Å². The van der Waals surface area contributed by atoms with E-state index in [-0.39, 0.29) is 12.2 Å². The van der Waals surface area contributed by atoms with Crippen LogP contribution in [0, 0.1) is 0 Å². The molecule has 0 fully saturated rings. The zero-order valence-electron chi connectivity index (χ0n) is 11.3. The number of alkyl halides is 4. The fourth-order valence-electron chi connectivity index (χ4n) is 2.03. The highest BCUT2D eigenvalue weighted by atomic mass is 19.4. The molecule has 1 heterocycles. The zero-order chi connectivity index (χ0) is 15.1. The summed E-state index contributed by atoms with van der Waals surface area (Å²) < 4.78 is 56.8. The topological polar surface area (TPSA) is 28.1 Å². The Balaban J connectivity index is 2.14. The predicted molar refractivity (Wildman–Crippen MR) is 65.2 cm³/mol. The summed E-state index contributed by atoms with van der Waals surface area (Å²) in [5, 5.41) is 5.59. The van der Waals surface area contributed by atoms with Crippen LogP contribution in [0.25, 0.3) is 0 Å². The third-order valence-corrected chi connectivity index (χ3v) is 3.19. The third kappa shape index (κ3) is 2.73. The van der Waals surface area contributed by atoms with Crippen molar-refractivity contribution in [1.29, 1.82) is 0 Å². The van der Waals surface area contributed by atoms with Crippen molar-refractivity contribution in [3.63, 3.8) is 0 Å². The lowest BCUT2D eigenvalue weighted by Crippen LogP contribution is -2.39. The number of allylic oxidation sites excluding steroid dienone is 3. The Labute approximate surface area is 114 Å². The minimum Gasteiger partial charge on any atom is -0.451 e. The Morgan fingerprint density at radius 1 is 1.35 bits per heavy atom. The van der Waals surface area contributed by atoms with Crippen LogP contribution in [0.15, 0.2) is 28.6 Å². The second-order valence-electron chi connectivity index (χ2n) is 4.68. The van der Waals surface area contributed by atoms with Gasteiger partial charge in [0.2, 0.25) is 0 Å². The molecule has 20 heavy (non-hydrogen) atoms. The first-order chi connectivity index (χ1) is 9.20. The van der Waals surface area contributed by atoms with Crippen molar-refractivity contribution in [2.24, 2.45) is 5.10 Å². The van der Waals surface area contributed by atoms with Gasteiger partial charge < -0.3 is 9.64 Å². The summed E-state index contributed by atoms with van der Waals surface area (Å²) in [4.78, 5) is 1.67. The second kappa shape index (κ2) is 4.99. The molecule has 1 aliphatic carbocycles. The summed E-state index contributed by atoms with van der Waals surface area (Å²) in [6.07, 6.45) is -5.69. The van der Waals surface area contributed by atoms with E-state index in [1.165, 1.54) is 11.1 Å². The van der Waals surface area contributed by atoms with Crippen molar-refractivity contribution in [3.05, 3.63) is 23.5 Å². The molecule has 0 radical (unpaired) electrons. The SMILES string of the molecule is CC1=NN(C)C(OC2=CCC(F)C(C(F)(F)F)=C2)N1C. The molecule has 2 atom stereocenters. The molecule has 112 valence electrons. The summed E-state index contributed by atoms with van der Waals surface area (Å²) >= 11 is 0. The van der Waals surface area contributed by atoms with Crippen molar-refractivity contribution in [2.45, 2.75) is 32.0 Å². The molecule has 4 nitrogen and oxygen atoms in total.